The number of hydrogen-bond donors (Lipinski definition) is 5. The molecule has 0 radical (unpaired) electrons. The van der Waals surface area contributed by atoms with Crippen molar-refractivity contribution in [1.29, 1.82) is 0 Å². The van der Waals surface area contributed by atoms with Crippen LogP contribution in [-0.4, -0.2) is 78.7 Å². The van der Waals surface area contributed by atoms with Crippen LogP contribution in [0.15, 0.2) is 47.4 Å². The van der Waals surface area contributed by atoms with Gasteiger partial charge in [0.15, 0.2) is 27.8 Å². The molecule has 4 heterocycles. The number of nitrogen functional groups attached to an aromatic ring is 1. The highest BCUT2D eigenvalue weighted by Crippen LogP contribution is 2.44. The smallest absolute Gasteiger partial charge is 0.352 e. The first-order valence-corrected chi connectivity index (χ1v) is 15.9. The molecule has 2 aromatic heterocycles. The van der Waals surface area contributed by atoms with Gasteiger partial charge in [-0.1, -0.05) is 5.16 Å². The van der Waals surface area contributed by atoms with Crippen LogP contribution in [0.4, 0.5) is 5.13 Å². The van der Waals surface area contributed by atoms with Gasteiger partial charge in [0.1, 0.15) is 29.9 Å². The third-order valence-corrected chi connectivity index (χ3v) is 11.5. The SMILES string of the molecule is CO/N=C(\C(=O)N[C@@H]1C(=O)N2C(C(=O)O)=C(CSc3cc(=O)c4cc(O)c(O)c(Br)c4s3)CS[C@@H]12)c1csc(N)n1. The van der Waals surface area contributed by atoms with Gasteiger partial charge in [0.2, 0.25) is 0 Å². The van der Waals surface area contributed by atoms with Crippen molar-refractivity contribution >= 4 is 101 Å². The number of nitrogens with zero attached hydrogens (tertiary/aromatic N) is 3. The van der Waals surface area contributed by atoms with Gasteiger partial charge in [0.25, 0.3) is 11.8 Å². The number of nitrogens with two attached hydrogens (primary N) is 1. The Morgan fingerprint density at radius 2 is 2.10 bits per heavy atom. The number of thioether (sulfide) groups is 2. The highest BCUT2D eigenvalue weighted by atomic mass is 79.9. The van der Waals surface area contributed by atoms with Gasteiger partial charge in [-0.3, -0.25) is 19.3 Å². The molecule has 13 nitrogen and oxygen atoms in total. The summed E-state index contributed by atoms with van der Waals surface area (Å²) in [6, 6.07) is 1.56. The molecule has 0 saturated carbocycles. The topological polar surface area (TPSA) is 205 Å². The Kier molecular flexibility index (Phi) is 8.20. The number of phenolic OH excluding ortho intramolecular Hbond substituents is 2. The monoisotopic (exact) mass is 699 g/mol. The van der Waals surface area contributed by atoms with Crippen LogP contribution in [0.5, 0.6) is 11.5 Å². The largest absolute Gasteiger partial charge is 0.504 e. The molecule has 2 amide bonds. The number of anilines is 1. The molecule has 2 atom stereocenters. The lowest BCUT2D eigenvalue weighted by atomic mass is 10.0. The molecule has 5 rings (SSSR count). The zero-order chi connectivity index (χ0) is 29.6. The second kappa shape index (κ2) is 11.5. The molecule has 41 heavy (non-hydrogen) atoms. The summed E-state index contributed by atoms with van der Waals surface area (Å²) in [5.74, 6) is -3.01. The van der Waals surface area contributed by atoms with E-state index in [0.717, 1.165) is 16.2 Å². The molecule has 0 spiro atoms. The Morgan fingerprint density at radius 1 is 1.34 bits per heavy atom. The Hall–Kier alpha value is -3.32. The second-order valence-corrected chi connectivity index (χ2v) is 13.6. The lowest BCUT2D eigenvalue weighted by molar-refractivity contribution is -0.150. The minimum absolute atomic E-state index is 0.168. The van der Waals surface area contributed by atoms with E-state index in [2.05, 4.69) is 31.4 Å². The third kappa shape index (κ3) is 5.36. The van der Waals surface area contributed by atoms with Crippen LogP contribution in [0.25, 0.3) is 10.1 Å². The summed E-state index contributed by atoms with van der Waals surface area (Å²) in [5.41, 5.74) is 5.56. The zero-order valence-electron chi connectivity index (χ0n) is 20.6. The average Bonchev–Trinajstić information content (AvgIpc) is 3.37. The number of aliphatic carboxylic acids is 1. The first-order chi connectivity index (χ1) is 19.5. The summed E-state index contributed by atoms with van der Waals surface area (Å²) in [4.78, 5) is 60.8. The molecule has 2 aliphatic heterocycles. The fraction of sp³-hybridized carbons (Fsp3) is 0.217. The molecule has 1 aromatic carbocycles. The van der Waals surface area contributed by atoms with E-state index in [0.29, 0.717) is 14.5 Å². The molecule has 6 N–H and O–H groups in total. The summed E-state index contributed by atoms with van der Waals surface area (Å²) in [7, 11) is 1.25. The molecule has 0 unspecified atom stereocenters. The lowest BCUT2D eigenvalue weighted by Crippen LogP contribution is -2.71. The number of phenols is 2. The number of benzene rings is 1. The Bertz CT molecular complexity index is 1740. The number of carbonyl (C=O) groups is 3. The summed E-state index contributed by atoms with van der Waals surface area (Å²) in [6.07, 6.45) is 0. The molecule has 1 fully saturated rings. The van der Waals surface area contributed by atoms with E-state index in [9.17, 15) is 34.5 Å². The molecule has 1 saturated heterocycles. The molecule has 0 bridgehead atoms. The third-order valence-electron chi connectivity index (χ3n) is 5.98. The van der Waals surface area contributed by atoms with E-state index in [1.54, 1.807) is 0 Å². The predicted molar refractivity (Wildman–Crippen MR) is 160 cm³/mol. The Labute approximate surface area is 255 Å². The number of carbonyl (C=O) groups excluding carboxylic acids is 2. The number of β-lactam (4-membered cyclic amide) rings is 1. The number of halogens is 1. The van der Waals surface area contributed by atoms with Crippen LogP contribution in [0.3, 0.4) is 0 Å². The summed E-state index contributed by atoms with van der Waals surface area (Å²) < 4.78 is 1.15. The molecule has 3 aromatic rings. The van der Waals surface area contributed by atoms with E-state index >= 15 is 0 Å². The normalized spacial score (nSPS) is 18.7. The van der Waals surface area contributed by atoms with Gasteiger partial charge in [-0.05, 0) is 27.6 Å². The van der Waals surface area contributed by atoms with E-state index in [4.69, 9.17) is 10.6 Å². The number of aromatic nitrogens is 1. The number of nitrogens with one attached hydrogen (secondary N) is 1. The fourth-order valence-corrected chi connectivity index (χ4v) is 9.05. The van der Waals surface area contributed by atoms with E-state index < -0.39 is 40.7 Å². The van der Waals surface area contributed by atoms with Crippen LogP contribution < -0.4 is 16.5 Å². The summed E-state index contributed by atoms with van der Waals surface area (Å²) in [6.45, 7) is 0. The first-order valence-electron chi connectivity index (χ1n) is 11.4. The quantitative estimate of drug-likeness (QED) is 0.0756. The van der Waals surface area contributed by atoms with Crippen LogP contribution >= 0.6 is 62.1 Å². The Balaban J connectivity index is 1.35. The van der Waals surface area contributed by atoms with Gasteiger partial charge in [-0.25, -0.2) is 9.78 Å². The summed E-state index contributed by atoms with van der Waals surface area (Å²) in [5, 5.41) is 37.4. The number of hydrogen-bond acceptors (Lipinski definition) is 14. The van der Waals surface area contributed by atoms with Crippen molar-refractivity contribution in [3.63, 3.8) is 0 Å². The highest BCUT2D eigenvalue weighted by Gasteiger charge is 2.54. The molecule has 214 valence electrons. The fourth-order valence-electron chi connectivity index (χ4n) is 4.13. The van der Waals surface area contributed by atoms with Crippen LogP contribution in [0, 0.1) is 0 Å². The van der Waals surface area contributed by atoms with Crippen LogP contribution in [-0.2, 0) is 19.2 Å². The summed E-state index contributed by atoms with van der Waals surface area (Å²) >= 11 is 7.99. The molecule has 18 heteroatoms. The van der Waals surface area contributed by atoms with Crippen molar-refractivity contribution in [1.82, 2.24) is 15.2 Å². The highest BCUT2D eigenvalue weighted by molar-refractivity contribution is 9.10. The predicted octanol–water partition coefficient (Wildman–Crippen LogP) is 2.36. The Morgan fingerprint density at radius 3 is 2.76 bits per heavy atom. The maximum absolute atomic E-state index is 13.1. The number of rotatable bonds is 8. The van der Waals surface area contributed by atoms with Crippen molar-refractivity contribution in [3.8, 4) is 11.5 Å². The minimum atomic E-state index is -1.29. The van der Waals surface area contributed by atoms with Crippen molar-refractivity contribution in [2.75, 3.05) is 24.3 Å². The number of amides is 2. The van der Waals surface area contributed by atoms with Crippen molar-refractivity contribution < 1.29 is 34.5 Å². The lowest BCUT2D eigenvalue weighted by Gasteiger charge is -2.49. The molecular weight excluding hydrogens is 682 g/mol. The van der Waals surface area contributed by atoms with Gasteiger partial charge >= 0.3 is 5.97 Å². The van der Waals surface area contributed by atoms with Crippen molar-refractivity contribution in [2.45, 2.75) is 15.6 Å². The van der Waals surface area contributed by atoms with Crippen molar-refractivity contribution in [2.24, 2.45) is 5.16 Å². The number of thiazole rings is 1. The molecular formula is C23H18BrN5O8S4. The second-order valence-electron chi connectivity index (χ2n) is 8.47. The number of oxime groups is 1. The van der Waals surface area contributed by atoms with E-state index in [1.165, 1.54) is 59.5 Å². The number of carboxylic acid groups (broad SMARTS) is 1. The van der Waals surface area contributed by atoms with Crippen LogP contribution in [0.2, 0.25) is 0 Å². The first kappa shape index (κ1) is 29.2. The van der Waals surface area contributed by atoms with E-state index in [-0.39, 0.29) is 49.0 Å². The number of fused-ring (bicyclic) bond motifs is 2. The maximum Gasteiger partial charge on any atom is 0.352 e. The number of aromatic hydroxyl groups is 2. The van der Waals surface area contributed by atoms with Gasteiger partial charge in [0.05, 0.1) is 13.4 Å². The van der Waals surface area contributed by atoms with Crippen LogP contribution in [0.1, 0.15) is 5.69 Å². The van der Waals surface area contributed by atoms with Gasteiger partial charge in [-0.2, -0.15) is 0 Å². The standard InChI is InChI=1S/C23H18BrN5O8S4/c1-37-28-14(9-6-40-23(25)26-9)19(33)27-15-20(34)29-16(22(35)36)7(5-39-21(15)29)4-38-12-3-10(30)8-2-11(31)17(32)13(24)18(8)41-12/h2-3,6,15,21,31-32H,4-5H2,1H3,(H2,25,26)(H,27,33)(H,35,36)/b28-14-/t15-,21+/m1/s1. The number of carboxylic acids is 1. The van der Waals surface area contributed by atoms with Gasteiger partial charge in [0, 0.05) is 28.3 Å². The van der Waals surface area contributed by atoms with Crippen molar-refractivity contribution in [3.05, 3.63) is 49.2 Å². The van der Waals surface area contributed by atoms with Gasteiger partial charge in [-0.15, -0.1) is 46.2 Å². The molecule has 2 aliphatic rings. The zero-order valence-corrected chi connectivity index (χ0v) is 25.5. The minimum Gasteiger partial charge on any atom is -0.504 e. The maximum atomic E-state index is 13.1. The average molecular weight is 701 g/mol. The van der Waals surface area contributed by atoms with Gasteiger partial charge < -0.3 is 31.2 Å². The van der Waals surface area contributed by atoms with E-state index in [1.807, 2.05) is 0 Å². The molecule has 0 aliphatic carbocycles.